The van der Waals surface area contributed by atoms with Gasteiger partial charge in [-0.05, 0) is 0 Å². The minimum absolute atomic E-state index is 0.840. The number of hydrogen-bond acceptors (Lipinski definition) is 0. The largest absolute Gasteiger partial charge is 0.130 e. The van der Waals surface area contributed by atoms with Crippen molar-refractivity contribution in [2.24, 2.45) is 0 Å². The van der Waals surface area contributed by atoms with Crippen LogP contribution < -0.4 is 0 Å². The van der Waals surface area contributed by atoms with Crippen LogP contribution in [0.3, 0.4) is 0 Å². The summed E-state index contributed by atoms with van der Waals surface area (Å²) in [5.74, 6) is 0. The van der Waals surface area contributed by atoms with Gasteiger partial charge in [0.2, 0.25) is 0 Å². The lowest BCUT2D eigenvalue weighted by Gasteiger charge is -2.40. The van der Waals surface area contributed by atoms with Crippen molar-refractivity contribution in [3.8, 4) is 0 Å². The van der Waals surface area contributed by atoms with Crippen LogP contribution in [0.25, 0.3) is 0 Å². The zero-order valence-corrected chi connectivity index (χ0v) is 11.4. The van der Waals surface area contributed by atoms with Crippen molar-refractivity contribution in [1.29, 1.82) is 0 Å². The van der Waals surface area contributed by atoms with E-state index in [9.17, 15) is 0 Å². The fourth-order valence-electron chi connectivity index (χ4n) is 1.22. The van der Waals surface area contributed by atoms with E-state index in [1.54, 1.807) is 0 Å². The molecule has 0 heterocycles. The molecular weight excluding hydrogens is 188 g/mol. The van der Waals surface area contributed by atoms with Crippen molar-refractivity contribution >= 4 is 26.8 Å². The van der Waals surface area contributed by atoms with E-state index in [1.807, 2.05) is 0 Å². The Labute approximate surface area is 78.1 Å². The molecule has 0 saturated carbocycles. The maximum atomic E-state index is 6.08. The Morgan fingerprint density at radius 2 is 1.45 bits per heavy atom. The van der Waals surface area contributed by atoms with Crippen molar-refractivity contribution in [2.75, 3.05) is 5.50 Å². The smallest absolute Gasteiger partial charge is 0.0632 e. The van der Waals surface area contributed by atoms with E-state index in [0.29, 0.717) is 0 Å². The van der Waals surface area contributed by atoms with Crippen LogP contribution in [-0.2, 0) is 0 Å². The van der Waals surface area contributed by atoms with Gasteiger partial charge in [-0.3, -0.25) is 0 Å². The van der Waals surface area contributed by atoms with Crippen LogP contribution in [-0.4, -0.2) is 20.7 Å². The van der Waals surface area contributed by atoms with Gasteiger partial charge in [-0.25, -0.2) is 0 Å². The fourth-order valence-corrected chi connectivity index (χ4v) is 14.6. The highest BCUT2D eigenvalue weighted by Gasteiger charge is 2.42. The normalized spacial score (nSPS) is 18.5. The number of hydrogen-bond donors (Lipinski definition) is 0. The Morgan fingerprint density at radius 1 is 1.09 bits per heavy atom. The van der Waals surface area contributed by atoms with Gasteiger partial charge < -0.3 is 0 Å². The van der Waals surface area contributed by atoms with Crippen LogP contribution in [0.4, 0.5) is 0 Å². The Balaban J connectivity index is 4.61. The minimum Gasteiger partial charge on any atom is -0.130 e. The van der Waals surface area contributed by atoms with Crippen molar-refractivity contribution < 1.29 is 0 Å². The van der Waals surface area contributed by atoms with Crippen molar-refractivity contribution in [3.05, 3.63) is 0 Å². The molecule has 0 rings (SSSR count). The van der Waals surface area contributed by atoms with Gasteiger partial charge in [0, 0.05) is 13.1 Å². The molecule has 0 N–H and O–H groups in total. The van der Waals surface area contributed by atoms with E-state index in [2.05, 4.69) is 40.0 Å². The molecule has 0 saturated heterocycles. The molecule has 11 heavy (non-hydrogen) atoms. The predicted octanol–water partition coefficient (Wildman–Crippen LogP) is 3.67. The average molecular weight is 209 g/mol. The van der Waals surface area contributed by atoms with Crippen molar-refractivity contribution in [3.63, 3.8) is 0 Å². The lowest BCUT2D eigenvalue weighted by atomic mass is 10.6. The summed E-state index contributed by atoms with van der Waals surface area (Å²) < 4.78 is 0. The first kappa shape index (κ1) is 11.7. The summed E-state index contributed by atoms with van der Waals surface area (Å²) in [5, 5.41) is 0. The Morgan fingerprint density at radius 3 is 1.45 bits per heavy atom. The van der Waals surface area contributed by atoms with Crippen molar-refractivity contribution in [2.45, 2.75) is 45.6 Å². The molecule has 3 heteroatoms. The predicted molar refractivity (Wildman–Crippen MR) is 60.8 cm³/mol. The van der Waals surface area contributed by atoms with Gasteiger partial charge in [-0.2, -0.15) is 0 Å². The van der Waals surface area contributed by atoms with E-state index in [-0.39, 0.29) is 0 Å². The fraction of sp³-hybridized carbons (Fsp3) is 1.00. The van der Waals surface area contributed by atoms with Gasteiger partial charge in [0.15, 0.2) is 0 Å². The van der Waals surface area contributed by atoms with E-state index < -0.39 is 15.2 Å². The molecule has 1 unspecified atom stereocenters. The second kappa shape index (κ2) is 3.63. The third-order valence-electron chi connectivity index (χ3n) is 3.27. The first-order chi connectivity index (χ1) is 4.75. The van der Waals surface area contributed by atoms with Crippen LogP contribution in [0.2, 0.25) is 31.7 Å². The third-order valence-corrected chi connectivity index (χ3v) is 24.7. The van der Waals surface area contributed by atoms with E-state index in [1.165, 1.54) is 0 Å². The topological polar surface area (TPSA) is 0 Å². The Kier molecular flexibility index (Phi) is 3.86. The number of halogens is 1. The van der Waals surface area contributed by atoms with Crippen LogP contribution in [0, 0.1) is 0 Å². The standard InChI is InChI=1S/C8H21ClSi2/c1-8(2)11(6,7-9)10(3,4)5/h8H,7H2,1-6H3. The summed E-state index contributed by atoms with van der Waals surface area (Å²) in [4.78, 5) is 0. The highest BCUT2D eigenvalue weighted by molar-refractivity contribution is 7.42. The lowest BCUT2D eigenvalue weighted by Crippen LogP contribution is -2.58. The SMILES string of the molecule is CC(C)[Si](C)(CCl)[Si](C)(C)C. The molecule has 0 fully saturated rings. The molecule has 0 radical (unpaired) electrons. The van der Waals surface area contributed by atoms with Gasteiger partial charge in [-0.1, -0.05) is 45.6 Å². The highest BCUT2D eigenvalue weighted by atomic mass is 35.5. The first-order valence-corrected chi connectivity index (χ1v) is 12.1. The summed E-state index contributed by atoms with van der Waals surface area (Å²) >= 11 is 6.08. The van der Waals surface area contributed by atoms with Gasteiger partial charge in [-0.15, -0.1) is 11.6 Å². The monoisotopic (exact) mass is 208 g/mol. The molecule has 0 aliphatic heterocycles. The molecular formula is C8H21ClSi2. The van der Waals surface area contributed by atoms with Gasteiger partial charge in [0.1, 0.15) is 0 Å². The maximum absolute atomic E-state index is 6.08. The van der Waals surface area contributed by atoms with Gasteiger partial charge in [0.25, 0.3) is 0 Å². The molecule has 0 aromatic rings. The summed E-state index contributed by atoms with van der Waals surface area (Å²) in [5.41, 5.74) is 1.78. The Bertz CT molecular complexity index is 129. The maximum Gasteiger partial charge on any atom is 0.0632 e. The van der Waals surface area contributed by atoms with E-state index in [4.69, 9.17) is 11.6 Å². The first-order valence-electron chi connectivity index (χ1n) is 4.31. The Hall–Kier alpha value is 0.724. The van der Waals surface area contributed by atoms with Crippen LogP contribution in [0.15, 0.2) is 0 Å². The van der Waals surface area contributed by atoms with Gasteiger partial charge in [0.05, 0.1) is 7.59 Å². The molecule has 68 valence electrons. The summed E-state index contributed by atoms with van der Waals surface area (Å²) in [7, 11) is -2.07. The molecule has 0 aromatic heterocycles. The zero-order chi connectivity index (χ0) is 9.28. The highest BCUT2D eigenvalue weighted by Crippen LogP contribution is 2.31. The molecule has 0 nitrogen and oxygen atoms in total. The summed E-state index contributed by atoms with van der Waals surface area (Å²) in [6.45, 7) is 14.5. The quantitative estimate of drug-likeness (QED) is 0.491. The van der Waals surface area contributed by atoms with Crippen LogP contribution >= 0.6 is 11.6 Å². The molecule has 0 aliphatic carbocycles. The lowest BCUT2D eigenvalue weighted by molar-refractivity contribution is 1.02. The van der Waals surface area contributed by atoms with Gasteiger partial charge >= 0.3 is 0 Å². The van der Waals surface area contributed by atoms with E-state index in [0.717, 1.165) is 11.0 Å². The number of rotatable bonds is 3. The summed E-state index contributed by atoms with van der Waals surface area (Å²) in [6.07, 6.45) is 0. The molecule has 0 aliphatic rings. The van der Waals surface area contributed by atoms with Crippen LogP contribution in [0.5, 0.6) is 0 Å². The summed E-state index contributed by atoms with van der Waals surface area (Å²) in [6, 6.07) is 0. The molecule has 0 aromatic carbocycles. The average Bonchev–Trinajstić information content (AvgIpc) is 1.83. The molecule has 0 spiro atoms. The molecule has 0 bridgehead atoms. The molecule has 1 atom stereocenters. The third kappa shape index (κ3) is 2.33. The van der Waals surface area contributed by atoms with Crippen LogP contribution in [0.1, 0.15) is 13.8 Å². The number of alkyl halides is 1. The van der Waals surface area contributed by atoms with Crippen molar-refractivity contribution in [1.82, 2.24) is 0 Å². The molecule has 0 amide bonds. The second-order valence-corrected chi connectivity index (χ2v) is 22.4. The van der Waals surface area contributed by atoms with E-state index >= 15 is 0 Å². The second-order valence-electron chi connectivity index (χ2n) is 4.96. The zero-order valence-electron chi connectivity index (χ0n) is 8.66. The minimum atomic E-state index is -1.10.